The molecule has 0 bridgehead atoms. The number of carbonyl (C=O) groups is 1. The molecule has 0 aromatic heterocycles. The van der Waals surface area contributed by atoms with E-state index in [-0.39, 0.29) is 30.1 Å². The monoisotopic (exact) mass is 523 g/mol. The molecule has 0 saturated carbocycles. The predicted octanol–water partition coefficient (Wildman–Crippen LogP) is 3.15. The Morgan fingerprint density at radius 2 is 1.83 bits per heavy atom. The summed E-state index contributed by atoms with van der Waals surface area (Å²) >= 11 is 0. The van der Waals surface area contributed by atoms with Crippen molar-refractivity contribution < 1.29 is 9.53 Å². The summed E-state index contributed by atoms with van der Waals surface area (Å²) < 4.78 is 5.48. The van der Waals surface area contributed by atoms with E-state index in [2.05, 4.69) is 41.3 Å². The van der Waals surface area contributed by atoms with Crippen molar-refractivity contribution in [2.75, 3.05) is 39.8 Å². The minimum absolute atomic E-state index is 0. The normalized spacial score (nSPS) is 24.4. The van der Waals surface area contributed by atoms with Gasteiger partial charge in [-0.3, -0.25) is 9.89 Å². The number of ether oxygens (including phenoxy) is 1. The molecule has 0 aromatic carbocycles. The second-order valence-corrected chi connectivity index (χ2v) is 9.64. The van der Waals surface area contributed by atoms with E-state index < -0.39 is 5.60 Å². The van der Waals surface area contributed by atoms with Crippen LogP contribution in [0.15, 0.2) is 4.99 Å². The maximum absolute atomic E-state index is 12.2. The molecule has 2 fully saturated rings. The molecule has 2 aliphatic heterocycles. The number of nitrogens with one attached hydrogen (secondary N) is 2. The van der Waals surface area contributed by atoms with Crippen molar-refractivity contribution in [3.63, 3.8) is 0 Å². The molecule has 2 aliphatic rings. The third-order valence-electron chi connectivity index (χ3n) is 5.74. The third-order valence-corrected chi connectivity index (χ3v) is 5.74. The maximum atomic E-state index is 12.2. The Morgan fingerprint density at radius 1 is 1.21 bits per heavy atom. The first kappa shape index (κ1) is 26.3. The summed E-state index contributed by atoms with van der Waals surface area (Å²) in [4.78, 5) is 20.9. The van der Waals surface area contributed by atoms with E-state index in [1.807, 2.05) is 32.7 Å². The molecular weight excluding hydrogens is 481 g/mol. The van der Waals surface area contributed by atoms with E-state index in [0.717, 1.165) is 51.5 Å². The molecule has 1 amide bonds. The zero-order valence-electron chi connectivity index (χ0n) is 19.3. The fourth-order valence-corrected chi connectivity index (χ4v) is 3.87. The van der Waals surface area contributed by atoms with E-state index in [4.69, 9.17) is 4.74 Å². The number of hydrogen-bond acceptors (Lipinski definition) is 4. The van der Waals surface area contributed by atoms with Crippen molar-refractivity contribution in [2.45, 2.75) is 72.1 Å². The number of nitrogens with zero attached hydrogens (tertiary/aromatic N) is 3. The van der Waals surface area contributed by atoms with Crippen molar-refractivity contribution >= 4 is 36.0 Å². The molecule has 170 valence electrons. The third kappa shape index (κ3) is 8.47. The first-order chi connectivity index (χ1) is 13.1. The molecule has 2 atom stereocenters. The van der Waals surface area contributed by atoms with Crippen LogP contribution in [0.4, 0.5) is 4.79 Å². The predicted molar refractivity (Wildman–Crippen MR) is 130 cm³/mol. The van der Waals surface area contributed by atoms with Crippen LogP contribution < -0.4 is 10.6 Å². The smallest absolute Gasteiger partial charge is 0.410 e. The number of rotatable bonds is 4. The highest BCUT2D eigenvalue weighted by molar-refractivity contribution is 14.0. The second-order valence-electron chi connectivity index (χ2n) is 9.64. The Balaban J connectivity index is 0.00000420. The second kappa shape index (κ2) is 11.6. The van der Waals surface area contributed by atoms with Gasteiger partial charge in [-0.1, -0.05) is 6.92 Å². The molecule has 7 nitrogen and oxygen atoms in total. The Labute approximate surface area is 194 Å². The van der Waals surface area contributed by atoms with E-state index in [0.29, 0.717) is 23.9 Å². The van der Waals surface area contributed by atoms with Crippen molar-refractivity contribution in [1.82, 2.24) is 20.4 Å². The highest BCUT2D eigenvalue weighted by Crippen LogP contribution is 2.20. The van der Waals surface area contributed by atoms with Crippen molar-refractivity contribution in [2.24, 2.45) is 16.8 Å². The molecule has 2 saturated heterocycles. The molecule has 2 rings (SSSR count). The van der Waals surface area contributed by atoms with Crippen molar-refractivity contribution in [3.05, 3.63) is 0 Å². The molecule has 2 N–H and O–H groups in total. The van der Waals surface area contributed by atoms with Crippen LogP contribution in [0, 0.1) is 11.8 Å². The van der Waals surface area contributed by atoms with Gasteiger partial charge in [0.1, 0.15) is 5.60 Å². The number of guanidine groups is 1. The number of piperidine rings is 1. The molecule has 2 heterocycles. The van der Waals surface area contributed by atoms with E-state index in [9.17, 15) is 4.79 Å². The Kier molecular flexibility index (Phi) is 10.5. The first-order valence-electron chi connectivity index (χ1n) is 10.8. The lowest BCUT2D eigenvalue weighted by Gasteiger charge is -2.33. The quantitative estimate of drug-likeness (QED) is 0.337. The fraction of sp³-hybridized carbons (Fsp3) is 0.905. The molecule has 8 heteroatoms. The standard InChI is InChI=1S/C21H41N5O2.HI/c1-15(2)26-13-16(3)18(14-26)24-19(22-7)23-12-17-8-10-25(11-9-17)20(27)28-21(4,5)6;/h15-18H,8-14H2,1-7H3,(H2,22,23,24);1H. The van der Waals surface area contributed by atoms with Crippen LogP contribution in [0.1, 0.15) is 54.4 Å². The summed E-state index contributed by atoms with van der Waals surface area (Å²) in [5.41, 5.74) is -0.434. The topological polar surface area (TPSA) is 69.2 Å². The molecule has 2 unspecified atom stereocenters. The van der Waals surface area contributed by atoms with Gasteiger partial charge in [0, 0.05) is 51.9 Å². The van der Waals surface area contributed by atoms with Gasteiger partial charge in [0.05, 0.1) is 0 Å². The Hall–Kier alpha value is -0.770. The van der Waals surface area contributed by atoms with Gasteiger partial charge >= 0.3 is 6.09 Å². The molecule has 0 radical (unpaired) electrons. The summed E-state index contributed by atoms with van der Waals surface area (Å²) in [7, 11) is 1.83. The van der Waals surface area contributed by atoms with Gasteiger partial charge in [0.25, 0.3) is 0 Å². The highest BCUT2D eigenvalue weighted by Gasteiger charge is 2.31. The SMILES string of the molecule is CN=C(NCC1CCN(C(=O)OC(C)(C)C)CC1)NC1CN(C(C)C)CC1C.I. The van der Waals surface area contributed by atoms with Crippen LogP contribution in [0.2, 0.25) is 0 Å². The van der Waals surface area contributed by atoms with E-state index in [1.165, 1.54) is 0 Å². The molecule has 0 aromatic rings. The molecule has 29 heavy (non-hydrogen) atoms. The number of aliphatic imine (C=N–C) groups is 1. The first-order valence-corrected chi connectivity index (χ1v) is 10.8. The summed E-state index contributed by atoms with van der Waals surface area (Å²) in [6, 6.07) is 1.02. The molecule has 0 aliphatic carbocycles. The average molecular weight is 524 g/mol. The van der Waals surface area contributed by atoms with Crippen LogP contribution in [0.5, 0.6) is 0 Å². The summed E-state index contributed by atoms with van der Waals surface area (Å²) in [6.07, 6.45) is 1.79. The van der Waals surface area contributed by atoms with Gasteiger partial charge < -0.3 is 20.3 Å². The minimum Gasteiger partial charge on any atom is -0.444 e. The van der Waals surface area contributed by atoms with Crippen LogP contribution in [-0.2, 0) is 4.74 Å². The lowest BCUT2D eigenvalue weighted by molar-refractivity contribution is 0.0185. The fourth-order valence-electron chi connectivity index (χ4n) is 3.87. The maximum Gasteiger partial charge on any atom is 0.410 e. The van der Waals surface area contributed by atoms with E-state index in [1.54, 1.807) is 0 Å². The van der Waals surface area contributed by atoms with Gasteiger partial charge in [-0.25, -0.2) is 4.79 Å². The molecule has 0 spiro atoms. The van der Waals surface area contributed by atoms with Gasteiger partial charge in [-0.05, 0) is 59.3 Å². The number of halogens is 1. The number of hydrogen-bond donors (Lipinski definition) is 2. The number of likely N-dealkylation sites (tertiary alicyclic amines) is 2. The van der Waals surface area contributed by atoms with Gasteiger partial charge in [-0.15, -0.1) is 24.0 Å². The van der Waals surface area contributed by atoms with Gasteiger partial charge in [0.15, 0.2) is 5.96 Å². The van der Waals surface area contributed by atoms with Crippen molar-refractivity contribution in [1.29, 1.82) is 0 Å². The Morgan fingerprint density at radius 3 is 2.31 bits per heavy atom. The lowest BCUT2D eigenvalue weighted by atomic mass is 9.97. The Bertz CT molecular complexity index is 542. The van der Waals surface area contributed by atoms with Gasteiger partial charge in [0.2, 0.25) is 0 Å². The van der Waals surface area contributed by atoms with Gasteiger partial charge in [-0.2, -0.15) is 0 Å². The minimum atomic E-state index is -0.434. The van der Waals surface area contributed by atoms with Crippen LogP contribution in [-0.4, -0.2) is 79.3 Å². The average Bonchev–Trinajstić information content (AvgIpc) is 2.98. The zero-order chi connectivity index (χ0) is 20.9. The summed E-state index contributed by atoms with van der Waals surface area (Å²) in [5, 5.41) is 7.10. The highest BCUT2D eigenvalue weighted by atomic mass is 127. The molecular formula is C21H42IN5O2. The number of carbonyl (C=O) groups excluding carboxylic acids is 1. The van der Waals surface area contributed by atoms with Crippen LogP contribution in [0.3, 0.4) is 0 Å². The summed E-state index contributed by atoms with van der Waals surface area (Å²) in [6.45, 7) is 17.1. The van der Waals surface area contributed by atoms with E-state index >= 15 is 0 Å². The lowest BCUT2D eigenvalue weighted by Crippen LogP contribution is -2.49. The number of amides is 1. The summed E-state index contributed by atoms with van der Waals surface area (Å²) in [5.74, 6) is 2.04. The zero-order valence-corrected chi connectivity index (χ0v) is 21.7. The van der Waals surface area contributed by atoms with Crippen LogP contribution in [0.25, 0.3) is 0 Å². The largest absolute Gasteiger partial charge is 0.444 e. The van der Waals surface area contributed by atoms with Crippen LogP contribution >= 0.6 is 24.0 Å². The van der Waals surface area contributed by atoms with Crippen molar-refractivity contribution in [3.8, 4) is 0 Å².